The molecule has 1 aromatic rings. The van der Waals surface area contributed by atoms with Crippen LogP contribution in [0.5, 0.6) is 11.5 Å². The molecule has 0 aliphatic heterocycles. The minimum Gasteiger partial charge on any atom is -0.493 e. The van der Waals surface area contributed by atoms with Crippen molar-refractivity contribution in [3.63, 3.8) is 0 Å². The molecule has 1 saturated carbocycles. The molecule has 2 rings (SSSR count). The lowest BCUT2D eigenvalue weighted by atomic mass is 10.1. The minimum absolute atomic E-state index is 0.0699. The second-order valence-corrected chi connectivity index (χ2v) is 5.92. The first-order valence-electron chi connectivity index (χ1n) is 8.41. The number of amides is 1. The number of hydrogen-bond donors (Lipinski definition) is 1. The molecule has 1 fully saturated rings. The zero-order chi connectivity index (χ0) is 17.5. The van der Waals surface area contributed by atoms with Gasteiger partial charge in [-0.3, -0.25) is 9.59 Å². The lowest BCUT2D eigenvalue weighted by molar-refractivity contribution is -0.137. The first kappa shape index (κ1) is 18.1. The number of carboxylic acid groups (broad SMARTS) is 1. The van der Waals surface area contributed by atoms with Gasteiger partial charge in [0.05, 0.1) is 19.6 Å². The third kappa shape index (κ3) is 4.63. The molecule has 0 unspecified atom stereocenters. The van der Waals surface area contributed by atoms with Gasteiger partial charge in [-0.25, -0.2) is 0 Å². The Kier molecular flexibility index (Phi) is 6.46. The number of hydrogen-bond acceptors (Lipinski definition) is 4. The number of methoxy groups -OCH3 is 1. The van der Waals surface area contributed by atoms with E-state index in [2.05, 4.69) is 0 Å². The van der Waals surface area contributed by atoms with Crippen LogP contribution < -0.4 is 9.47 Å². The number of rotatable bonds is 8. The van der Waals surface area contributed by atoms with Crippen molar-refractivity contribution in [2.75, 3.05) is 20.2 Å². The van der Waals surface area contributed by atoms with Crippen LogP contribution in [0.2, 0.25) is 0 Å². The summed E-state index contributed by atoms with van der Waals surface area (Å²) in [7, 11) is 1.55. The van der Waals surface area contributed by atoms with E-state index in [1.807, 2.05) is 6.92 Å². The molecule has 0 radical (unpaired) electrons. The van der Waals surface area contributed by atoms with Crippen LogP contribution in [0.1, 0.15) is 49.4 Å². The summed E-state index contributed by atoms with van der Waals surface area (Å²) < 4.78 is 11.3. The lowest BCUT2D eigenvalue weighted by Crippen LogP contribution is -2.32. The Hall–Kier alpha value is -2.24. The third-order valence-corrected chi connectivity index (χ3v) is 4.27. The fraction of sp³-hybridized carbons (Fsp3) is 0.556. The van der Waals surface area contributed by atoms with E-state index in [0.29, 0.717) is 23.6 Å². The highest BCUT2D eigenvalue weighted by Gasteiger charge is 2.21. The smallest absolute Gasteiger partial charge is 0.305 e. The van der Waals surface area contributed by atoms with Gasteiger partial charge in [-0.1, -0.05) is 0 Å². The molecule has 0 spiro atoms. The van der Waals surface area contributed by atoms with Crippen molar-refractivity contribution in [2.45, 2.75) is 45.1 Å². The number of nitrogens with zero attached hydrogens (tertiary/aromatic N) is 1. The standard InChI is InChI=1S/C18H25NO5/c1-3-19(11-10-17(20)21)18(22)13-8-9-15(16(12-13)23-2)24-14-6-4-5-7-14/h8-9,12,14H,3-7,10-11H2,1-2H3,(H,20,21). The minimum atomic E-state index is -0.917. The van der Waals surface area contributed by atoms with E-state index in [9.17, 15) is 9.59 Å². The lowest BCUT2D eigenvalue weighted by Gasteiger charge is -2.21. The maximum absolute atomic E-state index is 12.5. The van der Waals surface area contributed by atoms with E-state index < -0.39 is 5.97 Å². The van der Waals surface area contributed by atoms with Gasteiger partial charge in [0.2, 0.25) is 0 Å². The summed E-state index contributed by atoms with van der Waals surface area (Å²) in [6, 6.07) is 5.13. The van der Waals surface area contributed by atoms with Crippen molar-refractivity contribution in [3.05, 3.63) is 23.8 Å². The van der Waals surface area contributed by atoms with Gasteiger partial charge in [-0.15, -0.1) is 0 Å². The summed E-state index contributed by atoms with van der Waals surface area (Å²) in [6.45, 7) is 2.47. The summed E-state index contributed by atoms with van der Waals surface area (Å²) in [5.74, 6) is 0.0557. The average molecular weight is 335 g/mol. The Morgan fingerprint density at radius 2 is 1.96 bits per heavy atom. The molecule has 1 amide bonds. The van der Waals surface area contributed by atoms with Crippen LogP contribution in [0.15, 0.2) is 18.2 Å². The zero-order valence-electron chi connectivity index (χ0n) is 14.3. The van der Waals surface area contributed by atoms with E-state index >= 15 is 0 Å². The second kappa shape index (κ2) is 8.57. The molecule has 0 bridgehead atoms. The summed E-state index contributed by atoms with van der Waals surface area (Å²) in [6.07, 6.45) is 4.59. The molecule has 1 aromatic carbocycles. The number of carboxylic acids is 1. The molecule has 0 aromatic heterocycles. The van der Waals surface area contributed by atoms with E-state index in [-0.39, 0.29) is 25.0 Å². The third-order valence-electron chi connectivity index (χ3n) is 4.27. The van der Waals surface area contributed by atoms with Gasteiger partial charge in [0.1, 0.15) is 0 Å². The molecule has 0 atom stereocenters. The molecule has 1 aliphatic rings. The maximum atomic E-state index is 12.5. The zero-order valence-corrected chi connectivity index (χ0v) is 14.3. The summed E-state index contributed by atoms with van der Waals surface area (Å²) in [5, 5.41) is 8.79. The Labute approximate surface area is 142 Å². The Balaban J connectivity index is 2.11. The van der Waals surface area contributed by atoms with Crippen molar-refractivity contribution in [1.82, 2.24) is 4.90 Å². The molecular weight excluding hydrogens is 310 g/mol. The molecule has 1 aliphatic carbocycles. The topological polar surface area (TPSA) is 76.1 Å². The molecular formula is C18H25NO5. The molecule has 132 valence electrons. The number of aliphatic carboxylic acids is 1. The number of benzene rings is 1. The van der Waals surface area contributed by atoms with Gasteiger partial charge in [0, 0.05) is 18.7 Å². The molecule has 0 saturated heterocycles. The van der Waals surface area contributed by atoms with Gasteiger partial charge in [-0.05, 0) is 50.8 Å². The van der Waals surface area contributed by atoms with Crippen LogP contribution >= 0.6 is 0 Å². The Morgan fingerprint density at radius 3 is 2.54 bits per heavy atom. The van der Waals surface area contributed by atoms with Crippen LogP contribution in [0.4, 0.5) is 0 Å². The maximum Gasteiger partial charge on any atom is 0.305 e. The monoisotopic (exact) mass is 335 g/mol. The first-order valence-corrected chi connectivity index (χ1v) is 8.41. The average Bonchev–Trinajstić information content (AvgIpc) is 3.08. The van der Waals surface area contributed by atoms with E-state index in [4.69, 9.17) is 14.6 Å². The van der Waals surface area contributed by atoms with Crippen molar-refractivity contribution in [1.29, 1.82) is 0 Å². The fourth-order valence-electron chi connectivity index (χ4n) is 2.90. The summed E-state index contributed by atoms with van der Waals surface area (Å²) >= 11 is 0. The normalized spacial score (nSPS) is 14.4. The molecule has 1 N–H and O–H groups in total. The van der Waals surface area contributed by atoms with Crippen LogP contribution in [0.25, 0.3) is 0 Å². The van der Waals surface area contributed by atoms with E-state index in [1.165, 1.54) is 17.7 Å². The Bertz CT molecular complexity index is 581. The second-order valence-electron chi connectivity index (χ2n) is 5.92. The van der Waals surface area contributed by atoms with Crippen molar-refractivity contribution >= 4 is 11.9 Å². The highest BCUT2D eigenvalue weighted by atomic mass is 16.5. The SMILES string of the molecule is CCN(CCC(=O)O)C(=O)c1ccc(OC2CCCC2)c(OC)c1. The van der Waals surface area contributed by atoms with Crippen LogP contribution in [0, 0.1) is 0 Å². The molecule has 0 heterocycles. The highest BCUT2D eigenvalue weighted by Crippen LogP contribution is 2.32. The number of carbonyl (C=O) groups is 2. The predicted octanol–water partition coefficient (Wildman–Crippen LogP) is 2.95. The largest absolute Gasteiger partial charge is 0.493 e. The fourth-order valence-corrected chi connectivity index (χ4v) is 2.90. The van der Waals surface area contributed by atoms with Crippen molar-refractivity contribution in [2.24, 2.45) is 0 Å². The number of ether oxygens (including phenoxy) is 2. The first-order chi connectivity index (χ1) is 11.5. The summed E-state index contributed by atoms with van der Waals surface area (Å²) in [5.41, 5.74) is 0.470. The van der Waals surface area contributed by atoms with Crippen molar-refractivity contribution in [3.8, 4) is 11.5 Å². The molecule has 6 nitrogen and oxygen atoms in total. The van der Waals surface area contributed by atoms with Crippen LogP contribution in [-0.2, 0) is 4.79 Å². The van der Waals surface area contributed by atoms with E-state index in [0.717, 1.165) is 12.8 Å². The predicted molar refractivity (Wildman–Crippen MR) is 89.7 cm³/mol. The van der Waals surface area contributed by atoms with Gasteiger partial charge in [0.25, 0.3) is 5.91 Å². The Morgan fingerprint density at radius 1 is 1.25 bits per heavy atom. The van der Waals surface area contributed by atoms with Crippen LogP contribution in [-0.4, -0.2) is 48.2 Å². The van der Waals surface area contributed by atoms with Gasteiger partial charge in [0.15, 0.2) is 11.5 Å². The van der Waals surface area contributed by atoms with Gasteiger partial charge in [-0.2, -0.15) is 0 Å². The highest BCUT2D eigenvalue weighted by molar-refractivity contribution is 5.95. The van der Waals surface area contributed by atoms with Crippen molar-refractivity contribution < 1.29 is 24.2 Å². The molecule has 24 heavy (non-hydrogen) atoms. The molecule has 6 heteroatoms. The van der Waals surface area contributed by atoms with Crippen LogP contribution in [0.3, 0.4) is 0 Å². The quantitative estimate of drug-likeness (QED) is 0.790. The van der Waals surface area contributed by atoms with Gasteiger partial charge >= 0.3 is 5.97 Å². The number of carbonyl (C=O) groups excluding carboxylic acids is 1. The van der Waals surface area contributed by atoms with Gasteiger partial charge < -0.3 is 19.5 Å². The van der Waals surface area contributed by atoms with E-state index in [1.54, 1.807) is 25.3 Å². The summed E-state index contributed by atoms with van der Waals surface area (Å²) in [4.78, 5) is 24.8.